The summed E-state index contributed by atoms with van der Waals surface area (Å²) in [6.07, 6.45) is 53.0. The molecule has 2 amide bonds. The first kappa shape index (κ1) is 59.2. The predicted octanol–water partition coefficient (Wildman–Crippen LogP) is 22.8. The Balaban J connectivity index is 1.19. The first-order chi connectivity index (χ1) is 35.5. The summed E-state index contributed by atoms with van der Waals surface area (Å²) < 4.78 is 4.98. The van der Waals surface area contributed by atoms with Crippen LogP contribution in [-0.2, 0) is 9.59 Å². The Bertz CT molecular complexity index is 1990. The number of carbonyl (C=O) groups is 2. The number of carbonyl (C=O) groups excluding carboxylic acids is 2. The van der Waals surface area contributed by atoms with Gasteiger partial charge in [0.05, 0.1) is 41.7 Å². The molecule has 2 unspecified atom stereocenters. The summed E-state index contributed by atoms with van der Waals surface area (Å²) in [7, 11) is 0. The van der Waals surface area contributed by atoms with Crippen LogP contribution in [0.1, 0.15) is 294 Å². The number of thiophene rings is 4. The Morgan fingerprint density at radius 1 is 0.361 bits per heavy atom. The zero-order valence-corrected chi connectivity index (χ0v) is 49.8. The molecular formula is C64H102N2O2S4. The molecule has 0 radical (unpaired) electrons. The van der Waals surface area contributed by atoms with Crippen LogP contribution in [0.3, 0.4) is 0 Å². The summed E-state index contributed by atoms with van der Waals surface area (Å²) in [4.78, 5) is 37.5. The summed E-state index contributed by atoms with van der Waals surface area (Å²) in [6.45, 7) is 10.8. The van der Waals surface area contributed by atoms with Gasteiger partial charge in [0.2, 0.25) is 0 Å². The third kappa shape index (κ3) is 18.1. The van der Waals surface area contributed by atoms with Gasteiger partial charge in [-0.25, -0.2) is 0 Å². The van der Waals surface area contributed by atoms with E-state index in [0.29, 0.717) is 23.0 Å². The lowest BCUT2D eigenvalue weighted by Gasteiger charge is -2.25. The van der Waals surface area contributed by atoms with Crippen LogP contribution >= 0.6 is 45.3 Å². The van der Waals surface area contributed by atoms with Crippen molar-refractivity contribution in [1.82, 2.24) is 0 Å². The van der Waals surface area contributed by atoms with E-state index in [1.54, 1.807) is 45.3 Å². The van der Waals surface area contributed by atoms with E-state index in [0.717, 1.165) is 34.2 Å². The zero-order chi connectivity index (χ0) is 50.6. The fourth-order valence-electron chi connectivity index (χ4n) is 12.1. The van der Waals surface area contributed by atoms with Crippen LogP contribution in [0.15, 0.2) is 22.9 Å². The van der Waals surface area contributed by atoms with Gasteiger partial charge in [0.15, 0.2) is 0 Å². The van der Waals surface area contributed by atoms with Crippen LogP contribution in [0.2, 0.25) is 0 Å². The van der Waals surface area contributed by atoms with Crippen LogP contribution in [0.5, 0.6) is 0 Å². The highest BCUT2D eigenvalue weighted by molar-refractivity contribution is 7.30. The van der Waals surface area contributed by atoms with E-state index in [9.17, 15) is 0 Å². The molecule has 6 rings (SSSR count). The maximum Gasteiger partial charge on any atom is 0.260 e. The van der Waals surface area contributed by atoms with Crippen molar-refractivity contribution in [2.45, 2.75) is 285 Å². The van der Waals surface area contributed by atoms with Crippen molar-refractivity contribution < 1.29 is 9.59 Å². The van der Waals surface area contributed by atoms with Gasteiger partial charge in [0.25, 0.3) is 11.8 Å². The summed E-state index contributed by atoms with van der Waals surface area (Å²) in [6, 6.07) is 4.49. The van der Waals surface area contributed by atoms with Crippen molar-refractivity contribution in [3.8, 4) is 0 Å². The minimum atomic E-state index is 0.0873. The molecule has 0 N–H and O–H groups in total. The smallest absolute Gasteiger partial charge is 0.260 e. The van der Waals surface area contributed by atoms with Crippen molar-refractivity contribution in [3.63, 3.8) is 0 Å². The van der Waals surface area contributed by atoms with Crippen molar-refractivity contribution in [2.24, 2.45) is 11.8 Å². The molecule has 0 aliphatic carbocycles. The molecule has 404 valence electrons. The molecule has 0 bridgehead atoms. The standard InChI is InChI=1S/C64H102N2O2S4/c1-5-9-13-17-21-25-27-31-35-39-43-51(41-37-33-29-23-19-15-11-7-3)49-65-57-59-53(45-47-69-59)71-61(57)55(63(65)67)56-62-58(60-54(72-62)46-48-70-60)66(64(56)68)50-52(42-38-34-30-24-20-16-12-8-4)44-40-36-32-28-26-22-18-14-10-6-2/h45-48,51-52H,5-44,49-50H2,1-4H3/b56-55+. The van der Waals surface area contributed by atoms with E-state index in [4.69, 9.17) is 0 Å². The molecule has 8 heteroatoms. The lowest BCUT2D eigenvalue weighted by Crippen LogP contribution is -2.34. The molecule has 0 aromatic carbocycles. The predicted molar refractivity (Wildman–Crippen MR) is 325 cm³/mol. The molecule has 4 aromatic heterocycles. The highest BCUT2D eigenvalue weighted by Gasteiger charge is 2.46. The summed E-state index contributed by atoms with van der Waals surface area (Å²) in [5.41, 5.74) is 3.64. The van der Waals surface area contributed by atoms with Gasteiger partial charge < -0.3 is 9.80 Å². The maximum absolute atomic E-state index is 15.5. The molecule has 2 aliphatic heterocycles. The Kier molecular flexibility index (Phi) is 28.5. The first-order valence-corrected chi connectivity index (χ1v) is 34.3. The van der Waals surface area contributed by atoms with Crippen LogP contribution < -0.4 is 9.80 Å². The molecule has 6 heterocycles. The Hall–Kier alpha value is -2.00. The Morgan fingerprint density at radius 3 is 0.875 bits per heavy atom. The number of anilines is 2. The van der Waals surface area contributed by atoms with Crippen LogP contribution in [-0.4, -0.2) is 24.9 Å². The molecule has 0 saturated heterocycles. The van der Waals surface area contributed by atoms with Gasteiger partial charge in [-0.15, -0.1) is 45.3 Å². The van der Waals surface area contributed by atoms with Crippen LogP contribution in [0.4, 0.5) is 11.4 Å². The second-order valence-corrected chi connectivity index (χ2v) is 26.5. The first-order valence-electron chi connectivity index (χ1n) is 30.9. The number of hydrogen-bond acceptors (Lipinski definition) is 6. The van der Waals surface area contributed by atoms with Gasteiger partial charge in [0, 0.05) is 22.5 Å². The SMILES string of the molecule is CCCCCCCCCCCCC(CCCCCCCCCC)CN1C(=O)/C(=C2/C(=O)N(CC(CCCCCCCCCC)CCCCCCCCCCCC)c3c2sc2ccsc32)c2sc3ccsc3c21. The van der Waals surface area contributed by atoms with Crippen LogP contribution in [0.25, 0.3) is 29.9 Å². The van der Waals surface area contributed by atoms with Crippen LogP contribution in [0, 0.1) is 11.8 Å². The summed E-state index contributed by atoms with van der Waals surface area (Å²) in [5.74, 6) is 1.11. The van der Waals surface area contributed by atoms with E-state index in [-0.39, 0.29) is 11.8 Å². The zero-order valence-electron chi connectivity index (χ0n) is 46.5. The molecule has 0 fully saturated rings. The molecule has 2 atom stereocenters. The topological polar surface area (TPSA) is 40.6 Å². The van der Waals surface area contributed by atoms with E-state index in [2.05, 4.69) is 60.4 Å². The molecule has 2 aliphatic rings. The minimum Gasteiger partial charge on any atom is -0.305 e. The van der Waals surface area contributed by atoms with Gasteiger partial charge in [-0.1, -0.05) is 259 Å². The fraction of sp³-hybridized carbons (Fsp3) is 0.750. The van der Waals surface area contributed by atoms with Crippen molar-refractivity contribution >= 4 is 98.5 Å². The quantitative estimate of drug-likeness (QED) is 0.0327. The van der Waals surface area contributed by atoms with E-state index >= 15 is 9.59 Å². The lowest BCUT2D eigenvalue weighted by atomic mass is 9.93. The number of nitrogens with zero attached hydrogens (tertiary/aromatic N) is 2. The van der Waals surface area contributed by atoms with Gasteiger partial charge in [-0.3, -0.25) is 9.59 Å². The average molecular weight is 1060 g/mol. The molecule has 4 nitrogen and oxygen atoms in total. The number of unbranched alkanes of at least 4 members (excludes halogenated alkanes) is 32. The van der Waals surface area contributed by atoms with Crippen molar-refractivity contribution in [2.75, 3.05) is 22.9 Å². The normalized spacial score (nSPS) is 15.6. The largest absolute Gasteiger partial charge is 0.305 e. The number of hydrogen-bond donors (Lipinski definition) is 0. The van der Waals surface area contributed by atoms with Gasteiger partial charge in [-0.05, 0) is 60.4 Å². The minimum absolute atomic E-state index is 0.0873. The summed E-state index contributed by atoms with van der Waals surface area (Å²) >= 11 is 7.09. The summed E-state index contributed by atoms with van der Waals surface area (Å²) in [5, 5.41) is 4.40. The van der Waals surface area contributed by atoms with E-state index in [1.807, 2.05) is 0 Å². The Labute approximate surface area is 457 Å². The lowest BCUT2D eigenvalue weighted by molar-refractivity contribution is -0.114. The third-order valence-corrected chi connectivity index (χ3v) is 20.9. The molecule has 4 aromatic rings. The highest BCUT2D eigenvalue weighted by atomic mass is 32.1. The van der Waals surface area contributed by atoms with Gasteiger partial charge in [-0.2, -0.15) is 0 Å². The van der Waals surface area contributed by atoms with Gasteiger partial charge in [0.1, 0.15) is 0 Å². The van der Waals surface area contributed by atoms with Crippen molar-refractivity contribution in [1.29, 1.82) is 0 Å². The highest BCUT2D eigenvalue weighted by Crippen LogP contribution is 2.57. The van der Waals surface area contributed by atoms with Gasteiger partial charge >= 0.3 is 0 Å². The number of fused-ring (bicyclic) bond motifs is 6. The monoisotopic (exact) mass is 1060 g/mol. The number of amides is 2. The Morgan fingerprint density at radius 2 is 0.611 bits per heavy atom. The second-order valence-electron chi connectivity index (χ2n) is 22.6. The fourth-order valence-corrected chi connectivity index (χ4v) is 16.9. The molecular weight excluding hydrogens is 957 g/mol. The molecule has 72 heavy (non-hydrogen) atoms. The molecule has 0 spiro atoms. The molecule has 0 saturated carbocycles. The third-order valence-electron chi connectivity index (χ3n) is 16.4. The maximum atomic E-state index is 15.5. The average Bonchev–Trinajstić information content (AvgIpc) is 4.24. The van der Waals surface area contributed by atoms with E-state index < -0.39 is 0 Å². The number of rotatable bonds is 44. The van der Waals surface area contributed by atoms with Crippen molar-refractivity contribution in [3.05, 3.63) is 32.6 Å². The second kappa shape index (κ2) is 34.6. The van der Waals surface area contributed by atoms with E-state index in [1.165, 1.54) is 276 Å².